The molecule has 2 aromatic rings. The smallest absolute Gasteiger partial charge is 0.244 e. The number of aromatic nitrogens is 1. The molecule has 0 aromatic carbocycles. The van der Waals surface area contributed by atoms with Gasteiger partial charge in [-0.3, -0.25) is 0 Å². The van der Waals surface area contributed by atoms with E-state index in [1.165, 1.54) is 18.3 Å². The van der Waals surface area contributed by atoms with E-state index in [1.807, 2.05) is 0 Å². The molecule has 0 amide bonds. The van der Waals surface area contributed by atoms with E-state index in [-0.39, 0.29) is 10.0 Å². The SMILES string of the molecule is Cc1ccc(C(C)NS(=O)(=O)c2cccnc2Cl)o1. The number of furan rings is 1. The second-order valence-electron chi connectivity index (χ2n) is 4.08. The van der Waals surface area contributed by atoms with E-state index in [1.54, 1.807) is 26.0 Å². The molecule has 0 spiro atoms. The van der Waals surface area contributed by atoms with Gasteiger partial charge in [0.1, 0.15) is 21.6 Å². The average Bonchev–Trinajstić information content (AvgIpc) is 2.76. The molecule has 0 saturated heterocycles. The zero-order chi connectivity index (χ0) is 14.0. The van der Waals surface area contributed by atoms with Crippen LogP contribution in [0.4, 0.5) is 0 Å². The van der Waals surface area contributed by atoms with Crippen molar-refractivity contribution in [2.45, 2.75) is 24.8 Å². The molecular weight excluding hydrogens is 288 g/mol. The molecule has 1 unspecified atom stereocenters. The summed E-state index contributed by atoms with van der Waals surface area (Å²) < 4.78 is 32.2. The first-order valence-corrected chi connectivity index (χ1v) is 7.45. The predicted molar refractivity (Wildman–Crippen MR) is 71.4 cm³/mol. The molecular formula is C12H13ClN2O3S. The topological polar surface area (TPSA) is 72.2 Å². The second kappa shape index (κ2) is 5.32. The molecule has 7 heteroatoms. The fourth-order valence-corrected chi connectivity index (χ4v) is 3.28. The summed E-state index contributed by atoms with van der Waals surface area (Å²) in [5.74, 6) is 1.27. The number of aryl methyl sites for hydroxylation is 1. The van der Waals surface area contributed by atoms with Gasteiger partial charge in [-0.2, -0.15) is 0 Å². The molecule has 0 bridgehead atoms. The lowest BCUT2D eigenvalue weighted by Gasteiger charge is -2.12. The first-order chi connectivity index (χ1) is 8.90. The normalized spacial score (nSPS) is 13.4. The van der Waals surface area contributed by atoms with Crippen LogP contribution in [0.1, 0.15) is 24.5 Å². The van der Waals surface area contributed by atoms with Gasteiger partial charge in [-0.15, -0.1) is 0 Å². The summed E-state index contributed by atoms with van der Waals surface area (Å²) >= 11 is 5.79. The first kappa shape index (κ1) is 14.0. The third-order valence-corrected chi connectivity index (χ3v) is 4.52. The van der Waals surface area contributed by atoms with Crippen molar-refractivity contribution in [2.75, 3.05) is 0 Å². The van der Waals surface area contributed by atoms with Crippen molar-refractivity contribution >= 4 is 21.6 Å². The molecule has 19 heavy (non-hydrogen) atoms. The highest BCUT2D eigenvalue weighted by molar-refractivity contribution is 7.89. The summed E-state index contributed by atoms with van der Waals surface area (Å²) in [6.07, 6.45) is 1.43. The van der Waals surface area contributed by atoms with Crippen molar-refractivity contribution < 1.29 is 12.8 Å². The second-order valence-corrected chi connectivity index (χ2v) is 6.12. The maximum Gasteiger partial charge on any atom is 0.244 e. The molecule has 0 aliphatic heterocycles. The van der Waals surface area contributed by atoms with Gasteiger partial charge in [-0.1, -0.05) is 11.6 Å². The van der Waals surface area contributed by atoms with Crippen molar-refractivity contribution in [3.8, 4) is 0 Å². The number of rotatable bonds is 4. The third kappa shape index (κ3) is 3.15. The lowest BCUT2D eigenvalue weighted by Crippen LogP contribution is -2.27. The number of nitrogens with one attached hydrogen (secondary N) is 1. The summed E-state index contributed by atoms with van der Waals surface area (Å²) in [6.45, 7) is 3.49. The zero-order valence-electron chi connectivity index (χ0n) is 10.4. The van der Waals surface area contributed by atoms with Crippen molar-refractivity contribution in [1.29, 1.82) is 0 Å². The van der Waals surface area contributed by atoms with E-state index < -0.39 is 16.1 Å². The van der Waals surface area contributed by atoms with E-state index in [0.29, 0.717) is 5.76 Å². The standard InChI is InChI=1S/C12H13ClN2O3S/c1-8-5-6-10(18-8)9(2)15-19(16,17)11-4-3-7-14-12(11)13/h3-7,9,15H,1-2H3. The maximum absolute atomic E-state index is 12.2. The van der Waals surface area contributed by atoms with Crippen LogP contribution in [0.15, 0.2) is 39.8 Å². The third-order valence-electron chi connectivity index (χ3n) is 2.53. The molecule has 0 radical (unpaired) electrons. The highest BCUT2D eigenvalue weighted by Crippen LogP contribution is 2.22. The van der Waals surface area contributed by atoms with Gasteiger partial charge in [-0.25, -0.2) is 18.1 Å². The lowest BCUT2D eigenvalue weighted by molar-refractivity contribution is 0.441. The molecule has 5 nitrogen and oxygen atoms in total. The molecule has 2 aromatic heterocycles. The van der Waals surface area contributed by atoms with E-state index in [9.17, 15) is 8.42 Å². The van der Waals surface area contributed by atoms with Crippen LogP contribution in [0.2, 0.25) is 5.15 Å². The summed E-state index contributed by atoms with van der Waals surface area (Å²) in [6, 6.07) is 5.93. The minimum absolute atomic E-state index is 0.0493. The Morgan fingerprint density at radius 1 is 1.37 bits per heavy atom. The van der Waals surface area contributed by atoms with Crippen LogP contribution in [0.5, 0.6) is 0 Å². The first-order valence-electron chi connectivity index (χ1n) is 5.59. The Labute approximate surface area is 116 Å². The van der Waals surface area contributed by atoms with Crippen molar-refractivity contribution in [2.24, 2.45) is 0 Å². The molecule has 2 heterocycles. The zero-order valence-corrected chi connectivity index (χ0v) is 12.0. The van der Waals surface area contributed by atoms with E-state index >= 15 is 0 Å². The highest BCUT2D eigenvalue weighted by atomic mass is 35.5. The Kier molecular flexibility index (Phi) is 3.93. The van der Waals surface area contributed by atoms with Crippen LogP contribution in [0.3, 0.4) is 0 Å². The van der Waals surface area contributed by atoms with Gasteiger partial charge in [0.15, 0.2) is 0 Å². The highest BCUT2D eigenvalue weighted by Gasteiger charge is 2.22. The van der Waals surface area contributed by atoms with Gasteiger partial charge in [0, 0.05) is 6.20 Å². The molecule has 0 aliphatic rings. The lowest BCUT2D eigenvalue weighted by atomic mass is 10.3. The Morgan fingerprint density at radius 2 is 2.11 bits per heavy atom. The number of sulfonamides is 1. The van der Waals surface area contributed by atoms with Gasteiger partial charge >= 0.3 is 0 Å². The van der Waals surface area contributed by atoms with Gasteiger partial charge in [-0.05, 0) is 38.1 Å². The summed E-state index contributed by atoms with van der Waals surface area (Å²) in [5, 5.41) is -0.0576. The molecule has 1 N–H and O–H groups in total. The predicted octanol–water partition coefficient (Wildman–Crippen LogP) is 2.68. The van der Waals surface area contributed by atoms with Crippen molar-refractivity contribution in [3.63, 3.8) is 0 Å². The van der Waals surface area contributed by atoms with E-state index in [2.05, 4.69) is 9.71 Å². The molecule has 0 saturated carbocycles. The van der Waals surface area contributed by atoms with Crippen LogP contribution >= 0.6 is 11.6 Å². The van der Waals surface area contributed by atoms with Crippen molar-refractivity contribution in [3.05, 3.63) is 47.1 Å². The fourth-order valence-electron chi connectivity index (χ4n) is 1.61. The Morgan fingerprint density at radius 3 is 2.68 bits per heavy atom. The van der Waals surface area contributed by atoms with Gasteiger partial charge in [0.2, 0.25) is 10.0 Å². The van der Waals surface area contributed by atoms with E-state index in [4.69, 9.17) is 16.0 Å². The monoisotopic (exact) mass is 300 g/mol. The minimum atomic E-state index is -3.73. The Bertz CT molecular complexity index is 682. The molecule has 0 aliphatic carbocycles. The van der Waals surface area contributed by atoms with Crippen LogP contribution in [0.25, 0.3) is 0 Å². The van der Waals surface area contributed by atoms with Crippen LogP contribution in [-0.4, -0.2) is 13.4 Å². The number of hydrogen-bond acceptors (Lipinski definition) is 4. The molecule has 1 atom stereocenters. The Balaban J connectivity index is 2.25. The number of nitrogens with zero attached hydrogens (tertiary/aromatic N) is 1. The number of halogens is 1. The molecule has 2 rings (SSSR count). The van der Waals surface area contributed by atoms with Crippen LogP contribution in [0, 0.1) is 6.92 Å². The molecule has 102 valence electrons. The molecule has 0 fully saturated rings. The van der Waals surface area contributed by atoms with Gasteiger partial charge in [0.25, 0.3) is 0 Å². The average molecular weight is 301 g/mol. The largest absolute Gasteiger partial charge is 0.465 e. The van der Waals surface area contributed by atoms with Gasteiger partial charge in [0.05, 0.1) is 6.04 Å². The van der Waals surface area contributed by atoms with Crippen LogP contribution in [-0.2, 0) is 10.0 Å². The summed E-state index contributed by atoms with van der Waals surface area (Å²) in [7, 11) is -3.73. The van der Waals surface area contributed by atoms with Crippen LogP contribution < -0.4 is 4.72 Å². The number of hydrogen-bond donors (Lipinski definition) is 1. The summed E-state index contributed by atoms with van der Waals surface area (Å²) in [4.78, 5) is 3.70. The van der Waals surface area contributed by atoms with Gasteiger partial charge < -0.3 is 4.42 Å². The summed E-state index contributed by atoms with van der Waals surface area (Å²) in [5.41, 5.74) is 0. The minimum Gasteiger partial charge on any atom is -0.465 e. The Hall–Kier alpha value is -1.37. The maximum atomic E-state index is 12.2. The quantitative estimate of drug-likeness (QED) is 0.881. The fraction of sp³-hybridized carbons (Fsp3) is 0.250. The van der Waals surface area contributed by atoms with E-state index in [0.717, 1.165) is 5.76 Å². The van der Waals surface area contributed by atoms with Crippen molar-refractivity contribution in [1.82, 2.24) is 9.71 Å². The number of pyridine rings is 1.